The van der Waals surface area contributed by atoms with E-state index >= 15 is 0 Å². The Hall–Kier alpha value is -3.48. The SMILES string of the molecule is CCOc1ccc2c(C(=O)Nc3cc(OC)ccc3OC)cc(=O)oc2c1. The van der Waals surface area contributed by atoms with Crippen LogP contribution in [-0.2, 0) is 0 Å². The number of benzene rings is 2. The lowest BCUT2D eigenvalue weighted by molar-refractivity contribution is 0.102. The molecule has 0 aliphatic carbocycles. The van der Waals surface area contributed by atoms with E-state index in [1.165, 1.54) is 14.2 Å². The molecule has 27 heavy (non-hydrogen) atoms. The predicted molar refractivity (Wildman–Crippen MR) is 101 cm³/mol. The van der Waals surface area contributed by atoms with Gasteiger partial charge in [0.05, 0.1) is 32.1 Å². The zero-order valence-corrected chi connectivity index (χ0v) is 15.2. The van der Waals surface area contributed by atoms with Crippen LogP contribution in [0.5, 0.6) is 17.2 Å². The first kappa shape index (κ1) is 18.3. The van der Waals surface area contributed by atoms with Crippen LogP contribution >= 0.6 is 0 Å². The number of hydrogen-bond acceptors (Lipinski definition) is 6. The number of anilines is 1. The van der Waals surface area contributed by atoms with Crippen molar-refractivity contribution >= 4 is 22.6 Å². The molecule has 0 unspecified atom stereocenters. The highest BCUT2D eigenvalue weighted by Crippen LogP contribution is 2.30. The molecule has 1 N–H and O–H groups in total. The molecule has 0 aliphatic heterocycles. The zero-order chi connectivity index (χ0) is 19.4. The fourth-order valence-corrected chi connectivity index (χ4v) is 2.69. The summed E-state index contributed by atoms with van der Waals surface area (Å²) in [6.07, 6.45) is 0. The number of carbonyl (C=O) groups is 1. The van der Waals surface area contributed by atoms with Gasteiger partial charge in [0.1, 0.15) is 22.8 Å². The second kappa shape index (κ2) is 7.82. The van der Waals surface area contributed by atoms with Crippen molar-refractivity contribution in [1.29, 1.82) is 0 Å². The van der Waals surface area contributed by atoms with Crippen molar-refractivity contribution in [3.8, 4) is 17.2 Å². The molecule has 1 heterocycles. The van der Waals surface area contributed by atoms with Gasteiger partial charge in [-0.25, -0.2) is 4.79 Å². The van der Waals surface area contributed by atoms with Crippen molar-refractivity contribution in [2.75, 3.05) is 26.1 Å². The minimum absolute atomic E-state index is 0.189. The second-order valence-electron chi connectivity index (χ2n) is 5.59. The quantitative estimate of drug-likeness (QED) is 0.670. The molecule has 0 saturated heterocycles. The maximum Gasteiger partial charge on any atom is 0.337 e. The summed E-state index contributed by atoms with van der Waals surface area (Å²) in [5, 5.41) is 3.25. The molecule has 0 bridgehead atoms. The van der Waals surface area contributed by atoms with Crippen LogP contribution in [0.2, 0.25) is 0 Å². The van der Waals surface area contributed by atoms with Gasteiger partial charge in [0.2, 0.25) is 0 Å². The smallest absolute Gasteiger partial charge is 0.337 e. The number of hydrogen-bond donors (Lipinski definition) is 1. The summed E-state index contributed by atoms with van der Waals surface area (Å²) in [5.74, 6) is 1.11. The van der Waals surface area contributed by atoms with Crippen LogP contribution < -0.4 is 25.2 Å². The Balaban J connectivity index is 2.02. The average molecular weight is 369 g/mol. The zero-order valence-electron chi connectivity index (χ0n) is 15.2. The van der Waals surface area contributed by atoms with Gasteiger partial charge in [0.15, 0.2) is 0 Å². The van der Waals surface area contributed by atoms with Gasteiger partial charge in [-0.1, -0.05) is 0 Å². The Morgan fingerprint density at radius 3 is 2.52 bits per heavy atom. The maximum absolute atomic E-state index is 12.8. The second-order valence-corrected chi connectivity index (χ2v) is 5.59. The predicted octanol–water partition coefficient (Wildman–Crippen LogP) is 3.46. The van der Waals surface area contributed by atoms with Crippen molar-refractivity contribution in [2.45, 2.75) is 6.92 Å². The van der Waals surface area contributed by atoms with Crippen LogP contribution in [0.15, 0.2) is 51.7 Å². The van der Waals surface area contributed by atoms with E-state index in [4.69, 9.17) is 18.6 Å². The van der Waals surface area contributed by atoms with Crippen molar-refractivity contribution < 1.29 is 23.4 Å². The minimum Gasteiger partial charge on any atom is -0.497 e. The molecule has 2 aromatic carbocycles. The van der Waals surface area contributed by atoms with Crippen molar-refractivity contribution in [3.63, 3.8) is 0 Å². The van der Waals surface area contributed by atoms with E-state index in [-0.39, 0.29) is 11.1 Å². The highest BCUT2D eigenvalue weighted by Gasteiger charge is 2.16. The van der Waals surface area contributed by atoms with Crippen LogP contribution in [-0.4, -0.2) is 26.7 Å². The summed E-state index contributed by atoms with van der Waals surface area (Å²) in [6, 6.07) is 11.2. The standard InChI is InChI=1S/C20H19NO6/c1-4-26-13-5-7-14-15(11-19(22)27-18(14)10-13)20(23)21-16-9-12(24-2)6-8-17(16)25-3/h5-11H,4H2,1-3H3,(H,21,23). The third-order valence-electron chi connectivity index (χ3n) is 3.93. The molecular weight excluding hydrogens is 350 g/mol. The third-order valence-corrected chi connectivity index (χ3v) is 3.93. The van der Waals surface area contributed by atoms with Crippen molar-refractivity contribution in [2.24, 2.45) is 0 Å². The van der Waals surface area contributed by atoms with E-state index < -0.39 is 11.5 Å². The summed E-state index contributed by atoms with van der Waals surface area (Å²) in [4.78, 5) is 24.8. The van der Waals surface area contributed by atoms with Gasteiger partial charge in [-0.2, -0.15) is 0 Å². The first-order valence-electron chi connectivity index (χ1n) is 8.29. The highest BCUT2D eigenvalue weighted by molar-refractivity contribution is 6.12. The van der Waals surface area contributed by atoms with Gasteiger partial charge >= 0.3 is 5.63 Å². The highest BCUT2D eigenvalue weighted by atomic mass is 16.5. The molecule has 140 valence electrons. The van der Waals surface area contributed by atoms with E-state index in [2.05, 4.69) is 5.32 Å². The Morgan fingerprint density at radius 1 is 1.04 bits per heavy atom. The van der Waals surface area contributed by atoms with Crippen LogP contribution in [0.3, 0.4) is 0 Å². The number of methoxy groups -OCH3 is 2. The van der Waals surface area contributed by atoms with E-state index in [0.717, 1.165) is 6.07 Å². The molecule has 0 radical (unpaired) electrons. The van der Waals surface area contributed by atoms with Gasteiger partial charge in [-0.3, -0.25) is 4.79 Å². The number of ether oxygens (including phenoxy) is 3. The van der Waals surface area contributed by atoms with Gasteiger partial charge in [-0.15, -0.1) is 0 Å². The summed E-state index contributed by atoms with van der Waals surface area (Å²) in [6.45, 7) is 2.33. The molecule has 7 nitrogen and oxygen atoms in total. The lowest BCUT2D eigenvalue weighted by Gasteiger charge is -2.12. The average Bonchev–Trinajstić information content (AvgIpc) is 2.67. The number of rotatable bonds is 6. The minimum atomic E-state index is -0.626. The molecule has 3 aromatic rings. The Morgan fingerprint density at radius 2 is 1.81 bits per heavy atom. The summed E-state index contributed by atoms with van der Waals surface area (Å²) in [7, 11) is 3.03. The van der Waals surface area contributed by atoms with E-state index in [1.807, 2.05) is 6.92 Å². The van der Waals surface area contributed by atoms with E-state index in [9.17, 15) is 9.59 Å². The van der Waals surface area contributed by atoms with Gasteiger partial charge < -0.3 is 23.9 Å². The molecule has 0 atom stereocenters. The van der Waals surface area contributed by atoms with Crippen LogP contribution in [0.4, 0.5) is 5.69 Å². The van der Waals surface area contributed by atoms with Gasteiger partial charge in [0, 0.05) is 23.6 Å². The first-order valence-corrected chi connectivity index (χ1v) is 8.29. The fourth-order valence-electron chi connectivity index (χ4n) is 2.69. The van der Waals surface area contributed by atoms with Crippen molar-refractivity contribution in [3.05, 3.63) is 58.4 Å². The number of amides is 1. The lowest BCUT2D eigenvalue weighted by Crippen LogP contribution is -2.15. The first-order chi connectivity index (χ1) is 13.0. The Kier molecular flexibility index (Phi) is 5.30. The molecule has 0 saturated carbocycles. The summed E-state index contributed by atoms with van der Waals surface area (Å²) < 4.78 is 21.1. The number of nitrogens with one attached hydrogen (secondary N) is 1. The van der Waals surface area contributed by atoms with E-state index in [0.29, 0.717) is 34.9 Å². The molecule has 1 amide bonds. The Labute approximate surface area is 155 Å². The molecular formula is C20H19NO6. The number of carbonyl (C=O) groups excluding carboxylic acids is 1. The van der Waals surface area contributed by atoms with Gasteiger partial charge in [-0.05, 0) is 31.2 Å². The summed E-state index contributed by atoms with van der Waals surface area (Å²) in [5.41, 5.74) is 0.262. The maximum atomic E-state index is 12.8. The third kappa shape index (κ3) is 3.87. The fraction of sp³-hybridized carbons (Fsp3) is 0.200. The van der Waals surface area contributed by atoms with E-state index in [1.54, 1.807) is 36.4 Å². The lowest BCUT2D eigenvalue weighted by atomic mass is 10.1. The molecule has 0 aliphatic rings. The normalized spacial score (nSPS) is 10.5. The molecule has 3 rings (SSSR count). The van der Waals surface area contributed by atoms with Crippen molar-refractivity contribution in [1.82, 2.24) is 0 Å². The van der Waals surface area contributed by atoms with Crippen LogP contribution in [0.25, 0.3) is 11.0 Å². The Bertz CT molecular complexity index is 1040. The number of fused-ring (bicyclic) bond motifs is 1. The van der Waals surface area contributed by atoms with Crippen LogP contribution in [0, 0.1) is 0 Å². The summed E-state index contributed by atoms with van der Waals surface area (Å²) >= 11 is 0. The molecule has 7 heteroatoms. The largest absolute Gasteiger partial charge is 0.497 e. The molecule has 1 aromatic heterocycles. The van der Waals surface area contributed by atoms with Gasteiger partial charge in [0.25, 0.3) is 5.91 Å². The monoisotopic (exact) mass is 369 g/mol. The molecule has 0 spiro atoms. The molecule has 0 fully saturated rings. The topological polar surface area (TPSA) is 87.0 Å². The van der Waals surface area contributed by atoms with Crippen LogP contribution in [0.1, 0.15) is 17.3 Å².